The second-order valence-corrected chi connectivity index (χ2v) is 1.45. The van der Waals surface area contributed by atoms with Gasteiger partial charge >= 0.3 is 0 Å². The van der Waals surface area contributed by atoms with Crippen molar-refractivity contribution in [1.82, 2.24) is 0 Å². The van der Waals surface area contributed by atoms with E-state index in [0.717, 1.165) is 12.8 Å². The Bertz CT molecular complexity index is 30.9. The highest BCUT2D eigenvalue weighted by atomic mass is 16.0. The molecule has 0 aromatic carbocycles. The fraction of sp³-hybridized carbons (Fsp3) is 1.00. The molecule has 0 radical (unpaired) electrons. The maximum atomic E-state index is 5.18. The first-order valence-electron chi connectivity index (χ1n) is 2.28. The lowest BCUT2D eigenvalue weighted by molar-refractivity contribution is 0.627. The highest BCUT2D eigenvalue weighted by molar-refractivity contribution is 4.45. The summed E-state index contributed by atoms with van der Waals surface area (Å²) in [6.45, 7) is 2.06. The Morgan fingerprint density at radius 3 is 1.86 bits per heavy atom. The Balaban J connectivity index is 0. The van der Waals surface area contributed by atoms with Crippen molar-refractivity contribution in [2.45, 2.75) is 25.9 Å². The molecule has 0 rings (SSSR count). The van der Waals surface area contributed by atoms with E-state index in [4.69, 9.17) is 11.5 Å². The topological polar surface area (TPSA) is 83.5 Å². The van der Waals surface area contributed by atoms with Crippen LogP contribution in [-0.2, 0) is 0 Å². The Morgan fingerprint density at radius 2 is 1.86 bits per heavy atom. The van der Waals surface area contributed by atoms with Crippen molar-refractivity contribution in [1.29, 1.82) is 0 Å². The van der Waals surface area contributed by atoms with E-state index in [9.17, 15) is 0 Å². The average Bonchev–Trinajstić information content (AvgIpc) is 1.35. The van der Waals surface area contributed by atoms with Crippen LogP contribution in [0.5, 0.6) is 0 Å². The molecule has 0 saturated heterocycles. The third-order valence-corrected chi connectivity index (χ3v) is 0.622. The van der Waals surface area contributed by atoms with Gasteiger partial charge in [0.15, 0.2) is 0 Å². The number of nitrogens with two attached hydrogens (primary N) is 2. The predicted molar refractivity (Wildman–Crippen MR) is 30.7 cm³/mol. The average molecular weight is 106 g/mol. The Hall–Kier alpha value is -0.120. The lowest BCUT2D eigenvalue weighted by Crippen LogP contribution is -2.29. The SMILES string of the molecule is CCCC(N)N.O. The quantitative estimate of drug-likeness (QED) is 0.452. The second kappa shape index (κ2) is 5.88. The summed E-state index contributed by atoms with van der Waals surface area (Å²) in [7, 11) is 0. The Labute approximate surface area is 44.0 Å². The van der Waals surface area contributed by atoms with Crippen LogP contribution in [0.15, 0.2) is 0 Å². The van der Waals surface area contributed by atoms with E-state index < -0.39 is 0 Å². The molecule has 46 valence electrons. The van der Waals surface area contributed by atoms with Crippen LogP contribution in [0.2, 0.25) is 0 Å². The molecule has 0 aromatic heterocycles. The fourth-order valence-corrected chi connectivity index (χ4v) is 0.333. The second-order valence-electron chi connectivity index (χ2n) is 1.45. The van der Waals surface area contributed by atoms with Crippen LogP contribution in [0.25, 0.3) is 0 Å². The van der Waals surface area contributed by atoms with Crippen molar-refractivity contribution in [3.05, 3.63) is 0 Å². The largest absolute Gasteiger partial charge is 0.412 e. The summed E-state index contributed by atoms with van der Waals surface area (Å²) >= 11 is 0. The maximum Gasteiger partial charge on any atom is 0.0520 e. The lowest BCUT2D eigenvalue weighted by atomic mass is 10.3. The molecule has 0 amide bonds. The van der Waals surface area contributed by atoms with Crippen LogP contribution in [0.3, 0.4) is 0 Å². The maximum absolute atomic E-state index is 5.18. The molecule has 3 nitrogen and oxygen atoms in total. The Morgan fingerprint density at radius 1 is 1.43 bits per heavy atom. The van der Waals surface area contributed by atoms with Crippen molar-refractivity contribution < 1.29 is 5.48 Å². The number of rotatable bonds is 2. The summed E-state index contributed by atoms with van der Waals surface area (Å²) in [5, 5.41) is 0. The summed E-state index contributed by atoms with van der Waals surface area (Å²) < 4.78 is 0. The molecular formula is C4H14N2O. The zero-order valence-electron chi connectivity index (χ0n) is 4.65. The smallest absolute Gasteiger partial charge is 0.0520 e. The molecule has 0 fully saturated rings. The van der Waals surface area contributed by atoms with Gasteiger partial charge in [-0.3, -0.25) is 0 Å². The van der Waals surface area contributed by atoms with Gasteiger partial charge in [0.1, 0.15) is 0 Å². The lowest BCUT2D eigenvalue weighted by Gasteiger charge is -1.97. The van der Waals surface area contributed by atoms with Gasteiger partial charge in [0.2, 0.25) is 0 Å². The molecular weight excluding hydrogens is 92.1 g/mol. The van der Waals surface area contributed by atoms with Crippen LogP contribution in [0.1, 0.15) is 19.8 Å². The third kappa shape index (κ3) is 10.7. The zero-order chi connectivity index (χ0) is 4.99. The third-order valence-electron chi connectivity index (χ3n) is 0.622. The molecule has 0 aliphatic rings. The van der Waals surface area contributed by atoms with Crippen LogP contribution in [0, 0.1) is 0 Å². The van der Waals surface area contributed by atoms with Gasteiger partial charge in [-0.2, -0.15) is 0 Å². The molecule has 0 unspecified atom stereocenters. The van der Waals surface area contributed by atoms with E-state index in [1.165, 1.54) is 0 Å². The molecule has 7 heavy (non-hydrogen) atoms. The molecule has 0 heterocycles. The van der Waals surface area contributed by atoms with Crippen LogP contribution >= 0.6 is 0 Å². The van der Waals surface area contributed by atoms with Crippen LogP contribution in [-0.4, -0.2) is 11.6 Å². The van der Waals surface area contributed by atoms with Crippen molar-refractivity contribution >= 4 is 0 Å². The van der Waals surface area contributed by atoms with Gasteiger partial charge in [0, 0.05) is 0 Å². The number of hydrogen-bond acceptors (Lipinski definition) is 2. The van der Waals surface area contributed by atoms with E-state index >= 15 is 0 Å². The molecule has 0 aliphatic carbocycles. The van der Waals surface area contributed by atoms with Gasteiger partial charge in [-0.05, 0) is 6.42 Å². The monoisotopic (exact) mass is 106 g/mol. The molecule has 0 bridgehead atoms. The molecule has 0 spiro atoms. The van der Waals surface area contributed by atoms with Gasteiger partial charge in [-0.15, -0.1) is 0 Å². The van der Waals surface area contributed by atoms with E-state index in [2.05, 4.69) is 6.92 Å². The van der Waals surface area contributed by atoms with Crippen molar-refractivity contribution in [2.24, 2.45) is 11.5 Å². The Kier molecular flexibility index (Phi) is 8.39. The molecule has 0 aromatic rings. The molecule has 0 saturated carbocycles. The van der Waals surface area contributed by atoms with Gasteiger partial charge in [-0.1, -0.05) is 13.3 Å². The highest BCUT2D eigenvalue weighted by Crippen LogP contribution is 1.82. The minimum Gasteiger partial charge on any atom is -0.412 e. The van der Waals surface area contributed by atoms with Crippen molar-refractivity contribution in [3.8, 4) is 0 Å². The van der Waals surface area contributed by atoms with E-state index in [1.807, 2.05) is 0 Å². The summed E-state index contributed by atoms with van der Waals surface area (Å²) in [6.07, 6.45) is 1.91. The highest BCUT2D eigenvalue weighted by Gasteiger charge is 1.85. The van der Waals surface area contributed by atoms with Gasteiger partial charge in [-0.25, -0.2) is 0 Å². The normalized spacial score (nSPS) is 8.57. The summed E-state index contributed by atoms with van der Waals surface area (Å²) in [5.41, 5.74) is 10.4. The van der Waals surface area contributed by atoms with E-state index in [1.54, 1.807) is 0 Å². The zero-order valence-corrected chi connectivity index (χ0v) is 4.65. The van der Waals surface area contributed by atoms with Crippen molar-refractivity contribution in [2.75, 3.05) is 0 Å². The fourth-order valence-electron chi connectivity index (χ4n) is 0.333. The summed E-state index contributed by atoms with van der Waals surface area (Å²) in [5.74, 6) is 0. The standard InChI is InChI=1S/C4H12N2.H2O/c1-2-3-4(5)6;/h4H,2-3,5-6H2,1H3;1H2. The van der Waals surface area contributed by atoms with Crippen LogP contribution in [0.4, 0.5) is 0 Å². The van der Waals surface area contributed by atoms with E-state index in [-0.39, 0.29) is 11.6 Å². The van der Waals surface area contributed by atoms with Crippen molar-refractivity contribution in [3.63, 3.8) is 0 Å². The summed E-state index contributed by atoms with van der Waals surface area (Å²) in [4.78, 5) is 0. The van der Waals surface area contributed by atoms with Gasteiger partial charge in [0.05, 0.1) is 6.17 Å². The van der Waals surface area contributed by atoms with Gasteiger partial charge < -0.3 is 16.9 Å². The molecule has 0 atom stereocenters. The number of hydrogen-bond donors (Lipinski definition) is 2. The first kappa shape index (κ1) is 9.99. The van der Waals surface area contributed by atoms with Gasteiger partial charge in [0.25, 0.3) is 0 Å². The first-order valence-corrected chi connectivity index (χ1v) is 2.28. The molecule has 3 heteroatoms. The summed E-state index contributed by atoms with van der Waals surface area (Å²) in [6, 6.07) is 0. The minimum absolute atomic E-state index is 0. The minimum atomic E-state index is -0.102. The molecule has 6 N–H and O–H groups in total. The van der Waals surface area contributed by atoms with Crippen LogP contribution < -0.4 is 11.5 Å². The molecule has 0 aliphatic heterocycles. The predicted octanol–water partition coefficient (Wildman–Crippen LogP) is -0.795. The van der Waals surface area contributed by atoms with E-state index in [0.29, 0.717) is 0 Å². The first-order chi connectivity index (χ1) is 2.77.